The zero-order valence-corrected chi connectivity index (χ0v) is 20.6. The number of H-pyrrole nitrogens is 1. The third-order valence-electron chi connectivity index (χ3n) is 6.95. The Bertz CT molecular complexity index is 1420. The number of aryl methyl sites for hydroxylation is 2. The third-order valence-corrected chi connectivity index (χ3v) is 6.95. The standard InChI is InChI=1S/C27H27FN8O/c1-16-11-24(31-25-12-17(2)33-34-25)32-27(30-16)35-14-21-8-9-22(15-35)36(21)26(37)19-5-10-23(29-13-19)18-3-6-20(28)7-4-18/h3-7,10-13,21-22H,8-9,14-15H2,1-2H3,(H2,30,31,32,33,34). The summed E-state index contributed by atoms with van der Waals surface area (Å²) in [6, 6.07) is 13.8. The number of pyridine rings is 1. The van der Waals surface area contributed by atoms with E-state index in [1.54, 1.807) is 24.4 Å². The first-order chi connectivity index (χ1) is 17.9. The minimum absolute atomic E-state index is 0.00766. The molecule has 1 aromatic carbocycles. The van der Waals surface area contributed by atoms with E-state index in [0.717, 1.165) is 29.8 Å². The van der Waals surface area contributed by atoms with Crippen molar-refractivity contribution < 1.29 is 9.18 Å². The average molecular weight is 499 g/mol. The summed E-state index contributed by atoms with van der Waals surface area (Å²) in [5.74, 6) is 1.75. The van der Waals surface area contributed by atoms with Crippen LogP contribution in [0.15, 0.2) is 54.7 Å². The van der Waals surface area contributed by atoms with Crippen molar-refractivity contribution in [3.8, 4) is 11.3 Å². The molecular formula is C27H27FN8O. The summed E-state index contributed by atoms with van der Waals surface area (Å²) in [4.78, 5) is 31.6. The molecule has 2 saturated heterocycles. The molecule has 5 heterocycles. The second-order valence-corrected chi connectivity index (χ2v) is 9.70. The molecular weight excluding hydrogens is 471 g/mol. The Morgan fingerprint density at radius 1 is 1.00 bits per heavy atom. The highest BCUT2D eigenvalue weighted by molar-refractivity contribution is 5.95. The first-order valence-electron chi connectivity index (χ1n) is 12.4. The normalized spacial score (nSPS) is 18.8. The second kappa shape index (κ2) is 9.27. The van der Waals surface area contributed by atoms with Gasteiger partial charge in [-0.05, 0) is 63.1 Å². The number of benzene rings is 1. The molecule has 10 heteroatoms. The number of fused-ring (bicyclic) bond motifs is 2. The topological polar surface area (TPSA) is 103 Å². The molecule has 0 radical (unpaired) electrons. The van der Waals surface area contributed by atoms with Crippen molar-refractivity contribution in [3.63, 3.8) is 0 Å². The van der Waals surface area contributed by atoms with Crippen LogP contribution in [-0.2, 0) is 0 Å². The Morgan fingerprint density at radius 3 is 2.41 bits per heavy atom. The molecule has 2 aliphatic heterocycles. The van der Waals surface area contributed by atoms with Gasteiger partial charge in [0.1, 0.15) is 11.6 Å². The molecule has 6 rings (SSSR count). The predicted molar refractivity (Wildman–Crippen MR) is 138 cm³/mol. The monoisotopic (exact) mass is 498 g/mol. The molecule has 2 aliphatic rings. The number of amides is 1. The van der Waals surface area contributed by atoms with E-state index in [1.165, 1.54) is 12.1 Å². The van der Waals surface area contributed by atoms with Crippen molar-refractivity contribution in [3.05, 3.63) is 77.5 Å². The Morgan fingerprint density at radius 2 is 1.76 bits per heavy atom. The minimum atomic E-state index is -0.290. The number of anilines is 3. The maximum absolute atomic E-state index is 13.5. The Hall–Kier alpha value is -4.34. The molecule has 1 amide bonds. The highest BCUT2D eigenvalue weighted by atomic mass is 19.1. The molecule has 188 valence electrons. The van der Waals surface area contributed by atoms with Gasteiger partial charge >= 0.3 is 0 Å². The second-order valence-electron chi connectivity index (χ2n) is 9.70. The van der Waals surface area contributed by atoms with Crippen LogP contribution in [0.25, 0.3) is 11.3 Å². The van der Waals surface area contributed by atoms with Gasteiger partial charge in [0, 0.05) is 48.4 Å². The predicted octanol–water partition coefficient (Wildman–Crippen LogP) is 4.25. The number of nitrogens with one attached hydrogen (secondary N) is 2. The fourth-order valence-electron chi connectivity index (χ4n) is 5.23. The third kappa shape index (κ3) is 4.62. The SMILES string of the molecule is Cc1cc(Nc2cc(C)[nH]n2)nc(N2CC3CCC(C2)N3C(=O)c2ccc(-c3ccc(F)cc3)nc2)n1. The summed E-state index contributed by atoms with van der Waals surface area (Å²) in [6.45, 7) is 5.24. The number of aromatic nitrogens is 5. The fourth-order valence-corrected chi connectivity index (χ4v) is 5.23. The summed E-state index contributed by atoms with van der Waals surface area (Å²) in [6.07, 6.45) is 3.50. The van der Waals surface area contributed by atoms with Crippen LogP contribution in [-0.4, -0.2) is 61.1 Å². The lowest BCUT2D eigenvalue weighted by molar-refractivity contribution is 0.0640. The lowest BCUT2D eigenvalue weighted by Gasteiger charge is -2.41. The Kier molecular flexibility index (Phi) is 5.78. The van der Waals surface area contributed by atoms with Gasteiger partial charge in [0.2, 0.25) is 5.95 Å². The number of hydrogen-bond donors (Lipinski definition) is 2. The number of rotatable bonds is 5. The van der Waals surface area contributed by atoms with E-state index in [9.17, 15) is 9.18 Å². The van der Waals surface area contributed by atoms with E-state index in [1.807, 2.05) is 36.9 Å². The van der Waals surface area contributed by atoms with Gasteiger partial charge in [-0.3, -0.25) is 14.9 Å². The van der Waals surface area contributed by atoms with E-state index >= 15 is 0 Å². The van der Waals surface area contributed by atoms with Crippen LogP contribution in [0.1, 0.15) is 34.6 Å². The van der Waals surface area contributed by atoms with Crippen molar-refractivity contribution in [2.75, 3.05) is 23.3 Å². The van der Waals surface area contributed by atoms with E-state index < -0.39 is 0 Å². The van der Waals surface area contributed by atoms with Gasteiger partial charge in [0.25, 0.3) is 5.91 Å². The summed E-state index contributed by atoms with van der Waals surface area (Å²) in [5, 5.41) is 10.4. The number of halogens is 1. The summed E-state index contributed by atoms with van der Waals surface area (Å²) < 4.78 is 13.2. The molecule has 37 heavy (non-hydrogen) atoms. The minimum Gasteiger partial charge on any atom is -0.337 e. The number of nitrogens with zero attached hydrogens (tertiary/aromatic N) is 6. The van der Waals surface area contributed by atoms with Crippen LogP contribution < -0.4 is 10.2 Å². The molecule has 3 aromatic heterocycles. The van der Waals surface area contributed by atoms with Gasteiger partial charge in [0.15, 0.2) is 5.82 Å². The molecule has 2 N–H and O–H groups in total. The largest absolute Gasteiger partial charge is 0.337 e. The quantitative estimate of drug-likeness (QED) is 0.424. The molecule has 4 aromatic rings. The van der Waals surface area contributed by atoms with E-state index in [0.29, 0.717) is 41.9 Å². The van der Waals surface area contributed by atoms with Crippen LogP contribution in [0.3, 0.4) is 0 Å². The fraction of sp³-hybridized carbons (Fsp3) is 0.296. The van der Waals surface area contributed by atoms with Crippen molar-refractivity contribution in [1.82, 2.24) is 30.0 Å². The lowest BCUT2D eigenvalue weighted by Crippen LogP contribution is -2.56. The molecule has 2 atom stereocenters. The average Bonchev–Trinajstić information content (AvgIpc) is 3.42. The maximum atomic E-state index is 13.5. The molecule has 2 bridgehead atoms. The van der Waals surface area contributed by atoms with Crippen molar-refractivity contribution in [2.45, 2.75) is 38.8 Å². The molecule has 2 fully saturated rings. The number of piperazine rings is 1. The molecule has 0 aliphatic carbocycles. The highest BCUT2D eigenvalue weighted by Crippen LogP contribution is 2.33. The summed E-state index contributed by atoms with van der Waals surface area (Å²) in [7, 11) is 0. The lowest BCUT2D eigenvalue weighted by atomic mass is 10.1. The number of hydrogen-bond acceptors (Lipinski definition) is 7. The zero-order valence-electron chi connectivity index (χ0n) is 20.6. The van der Waals surface area contributed by atoms with Crippen LogP contribution in [0.4, 0.5) is 22.0 Å². The van der Waals surface area contributed by atoms with Crippen LogP contribution in [0.2, 0.25) is 0 Å². The van der Waals surface area contributed by atoms with E-state index in [4.69, 9.17) is 4.98 Å². The Balaban J connectivity index is 1.17. The molecule has 2 unspecified atom stereocenters. The van der Waals surface area contributed by atoms with Gasteiger partial charge in [-0.15, -0.1) is 0 Å². The van der Waals surface area contributed by atoms with Gasteiger partial charge in [0.05, 0.1) is 23.3 Å². The van der Waals surface area contributed by atoms with Crippen LogP contribution in [0.5, 0.6) is 0 Å². The first kappa shape index (κ1) is 23.1. The Labute approximate surface area is 213 Å². The number of carbonyl (C=O) groups excluding carboxylic acids is 1. The zero-order chi connectivity index (χ0) is 25.5. The number of aromatic amines is 1. The van der Waals surface area contributed by atoms with Gasteiger partial charge < -0.3 is 15.1 Å². The van der Waals surface area contributed by atoms with Gasteiger partial charge in [-0.1, -0.05) is 0 Å². The smallest absolute Gasteiger partial charge is 0.256 e. The van der Waals surface area contributed by atoms with Crippen LogP contribution >= 0.6 is 0 Å². The van der Waals surface area contributed by atoms with Crippen molar-refractivity contribution >= 4 is 23.5 Å². The summed E-state index contributed by atoms with van der Waals surface area (Å²) >= 11 is 0. The molecule has 0 spiro atoms. The van der Waals surface area contributed by atoms with Crippen molar-refractivity contribution in [2.24, 2.45) is 0 Å². The van der Waals surface area contributed by atoms with Gasteiger partial charge in [-0.2, -0.15) is 10.1 Å². The maximum Gasteiger partial charge on any atom is 0.256 e. The highest BCUT2D eigenvalue weighted by Gasteiger charge is 2.43. The van der Waals surface area contributed by atoms with E-state index in [-0.39, 0.29) is 23.8 Å². The first-order valence-corrected chi connectivity index (χ1v) is 12.4. The van der Waals surface area contributed by atoms with E-state index in [2.05, 4.69) is 30.4 Å². The molecule has 0 saturated carbocycles. The van der Waals surface area contributed by atoms with Gasteiger partial charge in [-0.25, -0.2) is 9.37 Å². The van der Waals surface area contributed by atoms with Crippen LogP contribution in [0, 0.1) is 19.7 Å². The molecule has 9 nitrogen and oxygen atoms in total. The number of carbonyl (C=O) groups is 1. The van der Waals surface area contributed by atoms with Crippen molar-refractivity contribution in [1.29, 1.82) is 0 Å². The summed E-state index contributed by atoms with van der Waals surface area (Å²) in [5.41, 5.74) is 3.90.